The minimum Gasteiger partial charge on any atom is -1.00 e. The van der Waals surface area contributed by atoms with Gasteiger partial charge in [-0.15, -0.1) is 0 Å². The summed E-state index contributed by atoms with van der Waals surface area (Å²) < 4.78 is 15.1. The van der Waals surface area contributed by atoms with Crippen molar-refractivity contribution in [2.45, 2.75) is 0 Å². The third-order valence-corrected chi connectivity index (χ3v) is 3.14. The molecular formula is C16H14FIN2. The maximum absolute atomic E-state index is 13.1. The topological polar surface area (TPSA) is 19.7 Å². The van der Waals surface area contributed by atoms with Crippen molar-refractivity contribution in [1.29, 1.82) is 0 Å². The summed E-state index contributed by atoms with van der Waals surface area (Å²) in [4.78, 5) is 3.08. The highest BCUT2D eigenvalue weighted by atomic mass is 127. The molecule has 0 radical (unpaired) electrons. The van der Waals surface area contributed by atoms with Crippen LogP contribution >= 0.6 is 0 Å². The van der Waals surface area contributed by atoms with Crippen molar-refractivity contribution < 1.29 is 32.9 Å². The second kappa shape index (κ2) is 6.17. The molecule has 3 rings (SSSR count). The Kier molecular flexibility index (Phi) is 4.54. The number of aromatic nitrogens is 2. The van der Waals surface area contributed by atoms with Gasteiger partial charge in [0.1, 0.15) is 12.9 Å². The van der Waals surface area contributed by atoms with Crippen LogP contribution in [0.3, 0.4) is 0 Å². The number of halogens is 2. The van der Waals surface area contributed by atoms with E-state index in [0.717, 1.165) is 22.0 Å². The molecule has 2 nitrogen and oxygen atoms in total. The van der Waals surface area contributed by atoms with Crippen LogP contribution in [0, 0.1) is 5.82 Å². The quantitative estimate of drug-likeness (QED) is 0.488. The normalized spacial score (nSPS) is 10.9. The molecule has 20 heavy (non-hydrogen) atoms. The average Bonchev–Trinajstić information content (AvgIpc) is 2.80. The first-order valence-corrected chi connectivity index (χ1v) is 6.12. The van der Waals surface area contributed by atoms with E-state index in [2.05, 4.69) is 4.98 Å². The lowest BCUT2D eigenvalue weighted by molar-refractivity contribution is -0.671. The van der Waals surface area contributed by atoms with Gasteiger partial charge in [0.2, 0.25) is 0 Å². The lowest BCUT2D eigenvalue weighted by atomic mass is 10.1. The van der Waals surface area contributed by atoms with E-state index in [4.69, 9.17) is 0 Å². The highest BCUT2D eigenvalue weighted by Gasteiger charge is 2.01. The third-order valence-electron chi connectivity index (χ3n) is 3.14. The predicted molar refractivity (Wildman–Crippen MR) is 74.8 cm³/mol. The summed E-state index contributed by atoms with van der Waals surface area (Å²) in [5.74, 6) is -0.222. The fraction of sp³-hybridized carbons (Fsp3) is 0.0625. The van der Waals surface area contributed by atoms with Gasteiger partial charge in [0.25, 0.3) is 0 Å². The molecule has 0 aliphatic rings. The Balaban J connectivity index is 0.00000147. The minimum absolute atomic E-state index is 0. The van der Waals surface area contributed by atoms with Crippen LogP contribution in [0.1, 0.15) is 11.1 Å². The molecule has 0 aliphatic heterocycles. The maximum atomic E-state index is 13.1. The summed E-state index contributed by atoms with van der Waals surface area (Å²) >= 11 is 0. The Hall–Kier alpha value is -1.69. The van der Waals surface area contributed by atoms with Crippen LogP contribution in [0.15, 0.2) is 48.9 Å². The summed E-state index contributed by atoms with van der Waals surface area (Å²) in [6.07, 6.45) is 9.98. The van der Waals surface area contributed by atoms with Gasteiger partial charge in [0, 0.05) is 29.2 Å². The number of fused-ring (bicyclic) bond motifs is 1. The average molecular weight is 380 g/mol. The lowest BCUT2D eigenvalue weighted by Gasteiger charge is -1.93. The Morgan fingerprint density at radius 3 is 2.60 bits per heavy atom. The van der Waals surface area contributed by atoms with Gasteiger partial charge >= 0.3 is 0 Å². The van der Waals surface area contributed by atoms with E-state index in [1.807, 2.05) is 54.5 Å². The molecule has 2 aromatic heterocycles. The van der Waals surface area contributed by atoms with E-state index in [1.165, 1.54) is 12.1 Å². The van der Waals surface area contributed by atoms with E-state index in [0.29, 0.717) is 0 Å². The zero-order chi connectivity index (χ0) is 13.2. The fourth-order valence-electron chi connectivity index (χ4n) is 2.07. The molecule has 0 amide bonds. The lowest BCUT2D eigenvalue weighted by Crippen LogP contribution is -3.00. The number of hydrogen-bond acceptors (Lipinski definition) is 0. The molecule has 0 aliphatic carbocycles. The van der Waals surface area contributed by atoms with Gasteiger partial charge in [0.05, 0.1) is 0 Å². The Labute approximate surface area is 134 Å². The molecule has 1 aromatic carbocycles. The monoisotopic (exact) mass is 380 g/mol. The fourth-order valence-corrected chi connectivity index (χ4v) is 2.07. The number of benzene rings is 1. The van der Waals surface area contributed by atoms with Crippen LogP contribution in [0.5, 0.6) is 0 Å². The number of pyridine rings is 1. The molecule has 3 aromatic rings. The third kappa shape index (κ3) is 3.07. The summed E-state index contributed by atoms with van der Waals surface area (Å²) in [7, 11) is 1.99. The molecule has 0 atom stereocenters. The summed E-state index contributed by atoms with van der Waals surface area (Å²) in [5.41, 5.74) is 3.01. The molecule has 4 heteroatoms. The van der Waals surface area contributed by atoms with Crippen LogP contribution in [-0.4, -0.2) is 4.98 Å². The van der Waals surface area contributed by atoms with Crippen molar-refractivity contribution in [3.8, 4) is 0 Å². The molecule has 0 unspecified atom stereocenters. The highest BCUT2D eigenvalue weighted by Crippen LogP contribution is 2.21. The smallest absolute Gasteiger partial charge is 0.169 e. The first-order chi connectivity index (χ1) is 9.22. The molecule has 0 saturated heterocycles. The Morgan fingerprint density at radius 2 is 1.85 bits per heavy atom. The summed E-state index contributed by atoms with van der Waals surface area (Å²) in [6, 6.07) is 8.88. The first kappa shape index (κ1) is 14.7. The molecule has 0 fully saturated rings. The van der Waals surface area contributed by atoms with Gasteiger partial charge in [-0.2, -0.15) is 0 Å². The molecule has 102 valence electrons. The van der Waals surface area contributed by atoms with Gasteiger partial charge in [-0.1, -0.05) is 12.2 Å². The van der Waals surface area contributed by atoms with Gasteiger partial charge in [0.15, 0.2) is 12.4 Å². The largest absolute Gasteiger partial charge is 1.00 e. The van der Waals surface area contributed by atoms with Crippen LogP contribution in [0.2, 0.25) is 0 Å². The second-order valence-corrected chi connectivity index (χ2v) is 4.56. The van der Waals surface area contributed by atoms with Crippen LogP contribution in [0.25, 0.3) is 23.1 Å². The zero-order valence-electron chi connectivity index (χ0n) is 11.0. The van der Waals surface area contributed by atoms with Gasteiger partial charge in [-0.05, 0) is 29.3 Å². The van der Waals surface area contributed by atoms with Crippen molar-refractivity contribution in [3.63, 3.8) is 0 Å². The molecule has 0 bridgehead atoms. The molecular weight excluding hydrogens is 366 g/mol. The van der Waals surface area contributed by atoms with E-state index >= 15 is 0 Å². The van der Waals surface area contributed by atoms with Gasteiger partial charge in [-0.25, -0.2) is 8.96 Å². The van der Waals surface area contributed by atoms with Gasteiger partial charge < -0.3 is 29.0 Å². The number of hydrogen-bond donors (Lipinski definition) is 1. The van der Waals surface area contributed by atoms with Crippen molar-refractivity contribution >= 4 is 23.1 Å². The predicted octanol–water partition coefficient (Wildman–Crippen LogP) is 0.306. The van der Waals surface area contributed by atoms with Crippen molar-refractivity contribution in [2.75, 3.05) is 0 Å². The maximum Gasteiger partial charge on any atom is 0.169 e. The molecule has 2 heterocycles. The molecule has 1 N–H and O–H groups in total. The van der Waals surface area contributed by atoms with Crippen molar-refractivity contribution in [2.24, 2.45) is 7.05 Å². The zero-order valence-corrected chi connectivity index (χ0v) is 13.1. The standard InChI is InChI=1S/C16H13FN2.HI/c1-19-8-6-12(7-9-19)2-3-13-11-18-16-10-14(17)4-5-15(13)16;/h2-11H,1H3;1H. The molecule has 0 saturated carbocycles. The Morgan fingerprint density at radius 1 is 1.10 bits per heavy atom. The first-order valence-electron chi connectivity index (χ1n) is 6.12. The SMILES string of the molecule is C[n+]1ccc(/C=C/c2c[nH]c3cc(F)ccc23)cc1.[I-]. The second-order valence-electron chi connectivity index (χ2n) is 4.56. The van der Waals surface area contributed by atoms with Crippen LogP contribution in [-0.2, 0) is 7.05 Å². The number of aryl methyl sites for hydroxylation is 1. The minimum atomic E-state index is -0.222. The van der Waals surface area contributed by atoms with Crippen molar-refractivity contribution in [3.05, 3.63) is 65.9 Å². The van der Waals surface area contributed by atoms with Gasteiger partial charge in [-0.3, -0.25) is 0 Å². The number of nitrogens with one attached hydrogen (secondary N) is 1. The van der Waals surface area contributed by atoms with E-state index in [1.54, 1.807) is 6.07 Å². The highest BCUT2D eigenvalue weighted by molar-refractivity contribution is 5.91. The van der Waals surface area contributed by atoms with E-state index < -0.39 is 0 Å². The number of nitrogens with zero attached hydrogens (tertiary/aromatic N) is 1. The molecule has 0 spiro atoms. The summed E-state index contributed by atoms with van der Waals surface area (Å²) in [6.45, 7) is 0. The Bertz CT molecular complexity index is 745. The number of H-pyrrole nitrogens is 1. The van der Waals surface area contributed by atoms with Crippen molar-refractivity contribution in [1.82, 2.24) is 4.98 Å². The van der Waals surface area contributed by atoms with E-state index in [9.17, 15) is 4.39 Å². The van der Waals surface area contributed by atoms with Crippen LogP contribution in [0.4, 0.5) is 4.39 Å². The van der Waals surface area contributed by atoms with E-state index in [-0.39, 0.29) is 29.8 Å². The number of aromatic amines is 1. The van der Waals surface area contributed by atoms with Crippen LogP contribution < -0.4 is 28.5 Å². The number of rotatable bonds is 2. The summed E-state index contributed by atoms with van der Waals surface area (Å²) in [5, 5.41) is 1.03.